The third-order valence-corrected chi connectivity index (χ3v) is 2.70. The number of fused-ring (bicyclic) bond motifs is 1. The highest BCUT2D eigenvalue weighted by molar-refractivity contribution is 5.85. The van der Waals surface area contributed by atoms with Crippen LogP contribution in [0.4, 0.5) is 0 Å². The van der Waals surface area contributed by atoms with Gasteiger partial charge in [-0.15, -0.1) is 5.10 Å². The number of benzene rings is 1. The molecule has 2 rings (SSSR count). The summed E-state index contributed by atoms with van der Waals surface area (Å²) in [6.07, 6.45) is 2.63. The van der Waals surface area contributed by atoms with Crippen molar-refractivity contribution in [1.82, 2.24) is 0 Å². The average molecular weight is 262 g/mol. The van der Waals surface area contributed by atoms with Crippen LogP contribution in [-0.4, -0.2) is 24.9 Å². The first-order valence-electron chi connectivity index (χ1n) is 6.18. The Balaban J connectivity index is 2.33. The lowest BCUT2D eigenvalue weighted by molar-refractivity contribution is 0.254. The molecule has 4 N–H and O–H groups in total. The number of guanidine groups is 1. The van der Waals surface area contributed by atoms with E-state index in [1.807, 2.05) is 26.0 Å². The van der Waals surface area contributed by atoms with E-state index < -0.39 is 0 Å². The Labute approximate surface area is 112 Å². The molecule has 1 aromatic carbocycles. The highest BCUT2D eigenvalue weighted by Crippen LogP contribution is 2.34. The van der Waals surface area contributed by atoms with Crippen LogP contribution in [0.5, 0.6) is 11.5 Å². The molecule has 1 heterocycles. The summed E-state index contributed by atoms with van der Waals surface area (Å²) in [6.45, 7) is 4.55. The number of rotatable bonds is 4. The Morgan fingerprint density at radius 1 is 1.53 bits per heavy atom. The first kappa shape index (κ1) is 13.2. The molecule has 0 fully saturated rings. The molecule has 1 atom stereocenters. The molecule has 0 amide bonds. The topological polar surface area (TPSA) is 95.2 Å². The summed E-state index contributed by atoms with van der Waals surface area (Å²) < 4.78 is 11.3. The van der Waals surface area contributed by atoms with Crippen LogP contribution >= 0.6 is 0 Å². The lowest BCUT2D eigenvalue weighted by Crippen LogP contribution is -2.21. The molecule has 0 aromatic heterocycles. The third-order valence-electron chi connectivity index (χ3n) is 2.70. The zero-order chi connectivity index (χ0) is 13.8. The van der Waals surface area contributed by atoms with Crippen LogP contribution in [0.25, 0.3) is 0 Å². The largest absolute Gasteiger partial charge is 0.493 e. The lowest BCUT2D eigenvalue weighted by Gasteiger charge is -2.09. The maximum absolute atomic E-state index is 5.71. The van der Waals surface area contributed by atoms with Crippen molar-refractivity contribution in [1.29, 1.82) is 0 Å². The maximum Gasteiger partial charge on any atom is 0.211 e. The van der Waals surface area contributed by atoms with Crippen LogP contribution < -0.4 is 20.9 Å². The fourth-order valence-electron chi connectivity index (χ4n) is 1.99. The van der Waals surface area contributed by atoms with E-state index in [0.29, 0.717) is 6.61 Å². The smallest absolute Gasteiger partial charge is 0.211 e. The number of hydrogen-bond donors (Lipinski definition) is 2. The molecular formula is C13H18N4O2. The molecule has 102 valence electrons. The Morgan fingerprint density at radius 2 is 2.32 bits per heavy atom. The second kappa shape index (κ2) is 5.60. The number of hydrogen-bond acceptors (Lipinski definition) is 4. The SMILES string of the molecule is CCOc1cc2c(cc1C=NN=C(N)N)O[C@H](C)C2. The van der Waals surface area contributed by atoms with Gasteiger partial charge in [-0.3, -0.25) is 0 Å². The summed E-state index contributed by atoms with van der Waals surface area (Å²) in [7, 11) is 0. The molecule has 0 bridgehead atoms. The minimum Gasteiger partial charge on any atom is -0.493 e. The fraction of sp³-hybridized carbons (Fsp3) is 0.385. The predicted octanol–water partition coefficient (Wildman–Crippen LogP) is 1.02. The number of nitrogens with two attached hydrogens (primary N) is 2. The molecule has 0 spiro atoms. The highest BCUT2D eigenvalue weighted by Gasteiger charge is 2.21. The van der Waals surface area contributed by atoms with Crippen molar-refractivity contribution in [2.45, 2.75) is 26.4 Å². The molecule has 6 nitrogen and oxygen atoms in total. The lowest BCUT2D eigenvalue weighted by atomic mass is 10.1. The first-order valence-corrected chi connectivity index (χ1v) is 6.18. The van der Waals surface area contributed by atoms with E-state index in [2.05, 4.69) is 10.2 Å². The van der Waals surface area contributed by atoms with E-state index in [4.69, 9.17) is 20.9 Å². The van der Waals surface area contributed by atoms with Crippen molar-refractivity contribution in [3.05, 3.63) is 23.3 Å². The van der Waals surface area contributed by atoms with Crippen LogP contribution in [0.3, 0.4) is 0 Å². The van der Waals surface area contributed by atoms with Crippen molar-refractivity contribution in [3.63, 3.8) is 0 Å². The van der Waals surface area contributed by atoms with Gasteiger partial charge < -0.3 is 20.9 Å². The minimum atomic E-state index is -0.0831. The Hall–Kier alpha value is -2.24. The van der Waals surface area contributed by atoms with E-state index in [1.165, 1.54) is 0 Å². The first-order chi connectivity index (χ1) is 9.10. The summed E-state index contributed by atoms with van der Waals surface area (Å²) in [4.78, 5) is 0. The molecule has 1 aliphatic heterocycles. The summed E-state index contributed by atoms with van der Waals surface area (Å²) in [5, 5.41) is 7.38. The van der Waals surface area contributed by atoms with Gasteiger partial charge in [0.15, 0.2) is 0 Å². The minimum absolute atomic E-state index is 0.0831. The molecular weight excluding hydrogens is 244 g/mol. The molecule has 0 saturated carbocycles. The molecule has 1 aliphatic rings. The molecule has 0 unspecified atom stereocenters. The maximum atomic E-state index is 5.71. The van der Waals surface area contributed by atoms with Crippen molar-refractivity contribution in [2.24, 2.45) is 21.7 Å². The van der Waals surface area contributed by atoms with Crippen molar-refractivity contribution < 1.29 is 9.47 Å². The van der Waals surface area contributed by atoms with Crippen molar-refractivity contribution in [3.8, 4) is 11.5 Å². The molecule has 0 saturated heterocycles. The van der Waals surface area contributed by atoms with E-state index in [0.717, 1.165) is 29.0 Å². The monoisotopic (exact) mass is 262 g/mol. The third kappa shape index (κ3) is 3.15. The molecule has 0 radical (unpaired) electrons. The zero-order valence-corrected chi connectivity index (χ0v) is 11.1. The van der Waals surface area contributed by atoms with Crippen LogP contribution in [0.15, 0.2) is 22.3 Å². The second-order valence-electron chi connectivity index (χ2n) is 4.33. The molecule has 0 aliphatic carbocycles. The van der Waals surface area contributed by atoms with Crippen LogP contribution in [-0.2, 0) is 6.42 Å². The standard InChI is InChI=1S/C13H18N4O2/c1-3-18-11-5-9-4-8(2)19-12(9)6-10(11)7-16-17-13(14)15/h5-8H,3-4H2,1-2H3,(H4,14,15,17)/t8-/m1/s1. The summed E-state index contributed by atoms with van der Waals surface area (Å²) in [5.74, 6) is 1.54. The summed E-state index contributed by atoms with van der Waals surface area (Å²) >= 11 is 0. The zero-order valence-electron chi connectivity index (χ0n) is 11.1. The molecule has 19 heavy (non-hydrogen) atoms. The Bertz CT molecular complexity index is 522. The van der Waals surface area contributed by atoms with Gasteiger partial charge in [-0.05, 0) is 26.0 Å². The van der Waals surface area contributed by atoms with Crippen LogP contribution in [0, 0.1) is 0 Å². The van der Waals surface area contributed by atoms with E-state index >= 15 is 0 Å². The van der Waals surface area contributed by atoms with E-state index in [9.17, 15) is 0 Å². The average Bonchev–Trinajstić information content (AvgIpc) is 2.68. The highest BCUT2D eigenvalue weighted by atomic mass is 16.5. The van der Waals surface area contributed by atoms with Gasteiger partial charge in [-0.2, -0.15) is 5.10 Å². The number of ether oxygens (including phenoxy) is 2. The Morgan fingerprint density at radius 3 is 3.00 bits per heavy atom. The van der Waals surface area contributed by atoms with Crippen LogP contribution in [0.2, 0.25) is 0 Å². The van der Waals surface area contributed by atoms with E-state index in [1.54, 1.807) is 6.21 Å². The summed E-state index contributed by atoms with van der Waals surface area (Å²) in [6, 6.07) is 3.88. The van der Waals surface area contributed by atoms with Gasteiger partial charge in [0, 0.05) is 17.5 Å². The van der Waals surface area contributed by atoms with Gasteiger partial charge in [-0.25, -0.2) is 0 Å². The van der Waals surface area contributed by atoms with Gasteiger partial charge in [0.2, 0.25) is 5.96 Å². The predicted molar refractivity (Wildman–Crippen MR) is 74.8 cm³/mol. The molecule has 1 aromatic rings. The summed E-state index contributed by atoms with van der Waals surface area (Å²) in [5.41, 5.74) is 12.4. The van der Waals surface area contributed by atoms with Gasteiger partial charge in [0.25, 0.3) is 0 Å². The van der Waals surface area contributed by atoms with Crippen molar-refractivity contribution >= 4 is 12.2 Å². The number of nitrogens with zero attached hydrogens (tertiary/aromatic N) is 2. The quantitative estimate of drug-likeness (QED) is 0.481. The van der Waals surface area contributed by atoms with Gasteiger partial charge in [0.1, 0.15) is 17.6 Å². The van der Waals surface area contributed by atoms with E-state index in [-0.39, 0.29) is 12.1 Å². The normalized spacial score (nSPS) is 17.1. The second-order valence-corrected chi connectivity index (χ2v) is 4.33. The van der Waals surface area contributed by atoms with Gasteiger partial charge >= 0.3 is 0 Å². The molecule has 6 heteroatoms. The fourth-order valence-corrected chi connectivity index (χ4v) is 1.99. The van der Waals surface area contributed by atoms with Gasteiger partial charge in [0.05, 0.1) is 12.8 Å². The van der Waals surface area contributed by atoms with Crippen molar-refractivity contribution in [2.75, 3.05) is 6.61 Å². The van der Waals surface area contributed by atoms with Crippen LogP contribution in [0.1, 0.15) is 25.0 Å². The van der Waals surface area contributed by atoms with Gasteiger partial charge in [-0.1, -0.05) is 0 Å². The Kier molecular flexibility index (Phi) is 3.89.